The van der Waals surface area contributed by atoms with Gasteiger partial charge in [0.1, 0.15) is 6.61 Å². The number of carbonyl (C=O) groups is 2. The van der Waals surface area contributed by atoms with Gasteiger partial charge in [0, 0.05) is 10.0 Å². The Bertz CT molecular complexity index is 1290. The molecule has 3 aromatic carbocycles. The Morgan fingerprint density at radius 2 is 1.69 bits per heavy atom. The van der Waals surface area contributed by atoms with Crippen LogP contribution in [0.4, 0.5) is 4.79 Å². The van der Waals surface area contributed by atoms with Crippen molar-refractivity contribution in [2.75, 3.05) is 6.61 Å². The van der Waals surface area contributed by atoms with Gasteiger partial charge in [-0.15, -0.1) is 0 Å². The summed E-state index contributed by atoms with van der Waals surface area (Å²) in [5, 5.41) is 1.10. The number of hydrogen-bond donors (Lipinski definition) is 0. The van der Waals surface area contributed by atoms with Crippen molar-refractivity contribution in [1.29, 1.82) is 0 Å². The van der Waals surface area contributed by atoms with Crippen molar-refractivity contribution >= 4 is 63.8 Å². The smallest absolute Gasteiger partial charge is 0.293 e. The SMILES string of the molecule is CCOc1cc(/C=C2/SC(=O)N(Cc3ccccc3Cl)C2=O)cc(Cl)c1OCc1ccc(Cl)cc1. The van der Waals surface area contributed by atoms with E-state index in [0.29, 0.717) is 44.3 Å². The lowest BCUT2D eigenvalue weighted by Gasteiger charge is -2.15. The molecule has 0 atom stereocenters. The Morgan fingerprint density at radius 3 is 2.40 bits per heavy atom. The van der Waals surface area contributed by atoms with E-state index in [2.05, 4.69) is 0 Å². The van der Waals surface area contributed by atoms with Crippen molar-refractivity contribution < 1.29 is 19.1 Å². The molecular weight excluding hydrogens is 529 g/mol. The van der Waals surface area contributed by atoms with E-state index in [1.807, 2.05) is 25.1 Å². The minimum absolute atomic E-state index is 0.101. The van der Waals surface area contributed by atoms with E-state index in [0.717, 1.165) is 17.3 Å². The topological polar surface area (TPSA) is 55.8 Å². The van der Waals surface area contributed by atoms with E-state index in [4.69, 9.17) is 44.3 Å². The zero-order valence-electron chi connectivity index (χ0n) is 18.6. The third kappa shape index (κ3) is 6.14. The molecule has 0 unspecified atom stereocenters. The number of halogens is 3. The van der Waals surface area contributed by atoms with E-state index < -0.39 is 5.91 Å². The molecule has 0 aromatic heterocycles. The number of imide groups is 1. The number of ether oxygens (including phenoxy) is 2. The zero-order chi connectivity index (χ0) is 24.9. The van der Waals surface area contributed by atoms with Gasteiger partial charge in [0.15, 0.2) is 11.5 Å². The molecule has 0 spiro atoms. The van der Waals surface area contributed by atoms with Crippen LogP contribution in [0.15, 0.2) is 65.6 Å². The molecule has 2 amide bonds. The van der Waals surface area contributed by atoms with Gasteiger partial charge < -0.3 is 9.47 Å². The van der Waals surface area contributed by atoms with Crippen LogP contribution in [0.3, 0.4) is 0 Å². The molecule has 0 N–H and O–H groups in total. The van der Waals surface area contributed by atoms with Crippen LogP contribution in [-0.4, -0.2) is 22.7 Å². The highest BCUT2D eigenvalue weighted by molar-refractivity contribution is 8.18. The highest BCUT2D eigenvalue weighted by Crippen LogP contribution is 2.40. The van der Waals surface area contributed by atoms with Crippen LogP contribution in [0, 0.1) is 0 Å². The highest BCUT2D eigenvalue weighted by Gasteiger charge is 2.35. The first-order valence-corrected chi connectivity index (χ1v) is 12.6. The van der Waals surface area contributed by atoms with Crippen molar-refractivity contribution in [1.82, 2.24) is 4.90 Å². The molecule has 1 fully saturated rings. The number of benzene rings is 3. The van der Waals surface area contributed by atoms with E-state index in [9.17, 15) is 9.59 Å². The molecule has 0 radical (unpaired) electrons. The van der Waals surface area contributed by atoms with E-state index in [1.54, 1.807) is 48.5 Å². The molecule has 1 aliphatic heterocycles. The van der Waals surface area contributed by atoms with Crippen LogP contribution >= 0.6 is 46.6 Å². The van der Waals surface area contributed by atoms with Gasteiger partial charge in [-0.1, -0.05) is 65.1 Å². The number of amides is 2. The number of hydrogen-bond acceptors (Lipinski definition) is 5. The Hall–Kier alpha value is -2.64. The molecule has 0 bridgehead atoms. The Kier molecular flexibility index (Phi) is 8.29. The Morgan fingerprint density at radius 1 is 0.943 bits per heavy atom. The molecule has 9 heteroatoms. The maximum atomic E-state index is 13.0. The Balaban J connectivity index is 1.55. The van der Waals surface area contributed by atoms with Gasteiger partial charge in [-0.25, -0.2) is 0 Å². The first-order chi connectivity index (χ1) is 16.9. The average Bonchev–Trinajstić information content (AvgIpc) is 3.08. The van der Waals surface area contributed by atoms with Gasteiger partial charge in [0.2, 0.25) is 0 Å². The molecule has 4 rings (SSSR count). The molecule has 35 heavy (non-hydrogen) atoms. The van der Waals surface area contributed by atoms with Crippen LogP contribution < -0.4 is 9.47 Å². The summed E-state index contributed by atoms with van der Waals surface area (Å²) in [6, 6.07) is 17.8. The first-order valence-electron chi connectivity index (χ1n) is 10.7. The minimum Gasteiger partial charge on any atom is -0.490 e. The zero-order valence-corrected chi connectivity index (χ0v) is 21.7. The molecular formula is C26H20Cl3NO4S. The van der Waals surface area contributed by atoms with Gasteiger partial charge in [-0.3, -0.25) is 14.5 Å². The molecule has 180 valence electrons. The van der Waals surface area contributed by atoms with E-state index in [-0.39, 0.29) is 23.3 Å². The van der Waals surface area contributed by atoms with Crippen LogP contribution in [0.25, 0.3) is 6.08 Å². The third-order valence-corrected chi connectivity index (χ3v) is 6.89. The molecule has 1 heterocycles. The third-order valence-electron chi connectivity index (χ3n) is 5.09. The van der Waals surface area contributed by atoms with Crippen LogP contribution in [0.1, 0.15) is 23.6 Å². The Labute approximate surface area is 222 Å². The van der Waals surface area contributed by atoms with Crippen molar-refractivity contribution in [3.8, 4) is 11.5 Å². The first kappa shape index (κ1) is 25.5. The predicted octanol–water partition coefficient (Wildman–Crippen LogP) is 7.86. The largest absolute Gasteiger partial charge is 0.490 e. The van der Waals surface area contributed by atoms with Gasteiger partial charge in [-0.05, 0) is 71.8 Å². The van der Waals surface area contributed by atoms with E-state index >= 15 is 0 Å². The summed E-state index contributed by atoms with van der Waals surface area (Å²) >= 11 is 19.5. The fourth-order valence-corrected chi connectivity index (χ4v) is 4.83. The maximum Gasteiger partial charge on any atom is 0.293 e. The monoisotopic (exact) mass is 547 g/mol. The van der Waals surface area contributed by atoms with Gasteiger partial charge in [-0.2, -0.15) is 0 Å². The van der Waals surface area contributed by atoms with Crippen molar-refractivity contribution in [3.05, 3.63) is 97.3 Å². The van der Waals surface area contributed by atoms with Crippen LogP contribution in [0.5, 0.6) is 11.5 Å². The van der Waals surface area contributed by atoms with Crippen LogP contribution in [0.2, 0.25) is 15.1 Å². The lowest BCUT2D eigenvalue weighted by Crippen LogP contribution is -2.27. The summed E-state index contributed by atoms with van der Waals surface area (Å²) in [5.74, 6) is 0.444. The summed E-state index contributed by atoms with van der Waals surface area (Å²) in [6.07, 6.45) is 1.62. The molecule has 0 saturated carbocycles. The number of carbonyl (C=O) groups excluding carboxylic acids is 2. The molecule has 1 saturated heterocycles. The standard InChI is InChI=1S/C26H20Cl3NO4S/c1-2-33-22-12-17(11-21(29)24(22)34-15-16-7-9-19(27)10-8-16)13-23-25(31)30(26(32)35-23)14-18-5-3-4-6-20(18)28/h3-13H,2,14-15H2,1H3/b23-13+. The number of rotatable bonds is 8. The number of thioether (sulfide) groups is 1. The molecule has 0 aliphatic carbocycles. The van der Waals surface area contributed by atoms with Crippen molar-refractivity contribution in [2.45, 2.75) is 20.1 Å². The van der Waals surface area contributed by atoms with Crippen molar-refractivity contribution in [3.63, 3.8) is 0 Å². The molecule has 5 nitrogen and oxygen atoms in total. The highest BCUT2D eigenvalue weighted by atomic mass is 35.5. The minimum atomic E-state index is -0.392. The van der Waals surface area contributed by atoms with E-state index in [1.165, 1.54) is 4.90 Å². The molecule has 3 aromatic rings. The second-order valence-electron chi connectivity index (χ2n) is 7.54. The molecule has 1 aliphatic rings. The van der Waals surface area contributed by atoms with Crippen LogP contribution in [-0.2, 0) is 17.9 Å². The number of nitrogens with zero attached hydrogens (tertiary/aromatic N) is 1. The summed E-state index contributed by atoms with van der Waals surface area (Å²) < 4.78 is 11.7. The average molecular weight is 549 g/mol. The van der Waals surface area contributed by atoms with Crippen molar-refractivity contribution in [2.24, 2.45) is 0 Å². The lowest BCUT2D eigenvalue weighted by atomic mass is 10.1. The summed E-state index contributed by atoms with van der Waals surface area (Å²) in [4.78, 5) is 27.0. The van der Waals surface area contributed by atoms with Gasteiger partial charge >= 0.3 is 0 Å². The second kappa shape index (κ2) is 11.4. The fraction of sp³-hybridized carbons (Fsp3) is 0.154. The normalized spacial score (nSPS) is 14.6. The lowest BCUT2D eigenvalue weighted by molar-refractivity contribution is -0.123. The van der Waals surface area contributed by atoms with Gasteiger partial charge in [0.25, 0.3) is 11.1 Å². The fourth-order valence-electron chi connectivity index (χ4n) is 3.40. The maximum absolute atomic E-state index is 13.0. The summed E-state index contributed by atoms with van der Waals surface area (Å²) in [6.45, 7) is 2.62. The second-order valence-corrected chi connectivity index (χ2v) is 9.78. The van der Waals surface area contributed by atoms with Gasteiger partial charge in [0.05, 0.1) is 23.1 Å². The summed E-state index contributed by atoms with van der Waals surface area (Å²) in [5.41, 5.74) is 2.23. The summed E-state index contributed by atoms with van der Waals surface area (Å²) in [7, 11) is 0. The predicted molar refractivity (Wildman–Crippen MR) is 141 cm³/mol. The quantitative estimate of drug-likeness (QED) is 0.268.